The molecule has 0 aromatic rings. The van der Waals surface area contributed by atoms with E-state index in [2.05, 4.69) is 6.26 Å². The summed E-state index contributed by atoms with van der Waals surface area (Å²) in [6.07, 6.45) is 8.86. The highest BCUT2D eigenvalue weighted by Crippen LogP contribution is 2.21. The summed E-state index contributed by atoms with van der Waals surface area (Å²) in [5.74, 6) is 0. The van der Waals surface area contributed by atoms with E-state index in [0.717, 1.165) is 5.25 Å². The third-order valence-electron chi connectivity index (χ3n) is 2.05. The fraction of sp³-hybridized carbons (Fsp3) is 1.00. The van der Waals surface area contributed by atoms with Gasteiger partial charge in [-0.15, -0.1) is 10.7 Å². The Bertz CT molecular complexity index is 105. The van der Waals surface area contributed by atoms with Crippen molar-refractivity contribution in [1.82, 2.24) is 0 Å². The van der Waals surface area contributed by atoms with Crippen LogP contribution < -0.4 is 0 Å². The minimum absolute atomic E-state index is 0.0520. The van der Waals surface area contributed by atoms with Gasteiger partial charge >= 0.3 is 0 Å². The van der Waals surface area contributed by atoms with E-state index in [4.69, 9.17) is 4.78 Å². The van der Waals surface area contributed by atoms with Crippen molar-refractivity contribution in [2.45, 2.75) is 37.4 Å². The van der Waals surface area contributed by atoms with E-state index in [9.17, 15) is 0 Å². The van der Waals surface area contributed by atoms with Crippen LogP contribution in [0.15, 0.2) is 0 Å². The summed E-state index contributed by atoms with van der Waals surface area (Å²) in [4.78, 5) is 0. The Morgan fingerprint density at radius 3 is 2.11 bits per heavy atom. The fourth-order valence-corrected chi connectivity index (χ4v) is 2.46. The normalized spacial score (nSPS) is 25.9. The van der Waals surface area contributed by atoms with Crippen molar-refractivity contribution in [2.24, 2.45) is 0 Å². The Morgan fingerprint density at radius 2 is 1.78 bits per heavy atom. The molecular formula is C7H15NS. The first-order chi connectivity index (χ1) is 4.30. The van der Waals surface area contributed by atoms with Crippen molar-refractivity contribution in [2.75, 3.05) is 6.26 Å². The molecule has 54 valence electrons. The zero-order chi connectivity index (χ0) is 6.69. The molecule has 0 aromatic carbocycles. The predicted molar refractivity (Wildman–Crippen MR) is 42.9 cm³/mol. The van der Waals surface area contributed by atoms with Gasteiger partial charge in [-0.1, -0.05) is 19.3 Å². The smallest absolute Gasteiger partial charge is 0.0150 e. The predicted octanol–water partition coefficient (Wildman–Crippen LogP) is 2.33. The van der Waals surface area contributed by atoms with Crippen LogP contribution in [0.5, 0.6) is 0 Å². The van der Waals surface area contributed by atoms with Gasteiger partial charge in [0.15, 0.2) is 0 Å². The zero-order valence-corrected chi connectivity index (χ0v) is 6.84. The molecule has 1 aliphatic carbocycles. The molecule has 0 amide bonds. The number of hydrogen-bond donors (Lipinski definition) is 1. The molecule has 0 radical (unpaired) electrons. The summed E-state index contributed by atoms with van der Waals surface area (Å²) in [5.41, 5.74) is 0. The van der Waals surface area contributed by atoms with E-state index < -0.39 is 0 Å². The second-order valence-corrected chi connectivity index (χ2v) is 4.60. The van der Waals surface area contributed by atoms with Crippen LogP contribution in [-0.2, 0) is 10.7 Å². The molecule has 0 aromatic heterocycles. The average molecular weight is 145 g/mol. The van der Waals surface area contributed by atoms with Crippen LogP contribution in [-0.4, -0.2) is 11.5 Å². The highest BCUT2D eigenvalue weighted by atomic mass is 32.2. The van der Waals surface area contributed by atoms with E-state index in [-0.39, 0.29) is 10.7 Å². The number of hydrogen-bond acceptors (Lipinski definition) is 1. The molecule has 2 heteroatoms. The topological polar surface area (TPSA) is 23.9 Å². The van der Waals surface area contributed by atoms with Crippen LogP contribution in [0.2, 0.25) is 0 Å². The maximum Gasteiger partial charge on any atom is 0.0150 e. The summed E-state index contributed by atoms with van der Waals surface area (Å²) in [6.45, 7) is 0. The molecule has 1 aliphatic rings. The van der Waals surface area contributed by atoms with Crippen LogP contribution in [0, 0.1) is 4.78 Å². The van der Waals surface area contributed by atoms with Crippen molar-refractivity contribution in [3.8, 4) is 0 Å². The van der Waals surface area contributed by atoms with E-state index in [1.165, 1.54) is 32.1 Å². The van der Waals surface area contributed by atoms with Crippen molar-refractivity contribution < 1.29 is 0 Å². The molecule has 0 heterocycles. The molecule has 1 unspecified atom stereocenters. The van der Waals surface area contributed by atoms with Crippen LogP contribution in [0.4, 0.5) is 0 Å². The SMILES string of the molecule is CS(=N)C1CCCCC1. The molecule has 0 saturated heterocycles. The molecule has 1 nitrogen and oxygen atoms in total. The molecule has 0 bridgehead atoms. The van der Waals surface area contributed by atoms with Gasteiger partial charge in [-0.05, 0) is 19.1 Å². The molecule has 1 atom stereocenters. The molecular weight excluding hydrogens is 130 g/mol. The van der Waals surface area contributed by atoms with Gasteiger partial charge in [0, 0.05) is 5.25 Å². The lowest BCUT2D eigenvalue weighted by molar-refractivity contribution is 0.514. The lowest BCUT2D eigenvalue weighted by Gasteiger charge is -2.20. The van der Waals surface area contributed by atoms with E-state index >= 15 is 0 Å². The first-order valence-corrected chi connectivity index (χ1v) is 5.36. The summed E-state index contributed by atoms with van der Waals surface area (Å²) in [5, 5.41) is 0.749. The summed E-state index contributed by atoms with van der Waals surface area (Å²) >= 11 is 0. The Hall–Kier alpha value is 0.150. The molecule has 1 saturated carbocycles. The third-order valence-corrected chi connectivity index (χ3v) is 3.52. The zero-order valence-electron chi connectivity index (χ0n) is 6.02. The monoisotopic (exact) mass is 145 g/mol. The minimum atomic E-state index is -0.0520. The lowest BCUT2D eigenvalue weighted by Crippen LogP contribution is -2.16. The summed E-state index contributed by atoms with van der Waals surface area (Å²) < 4.78 is 7.50. The standard InChI is InChI=1S/C7H15NS/c1-9(8)7-5-3-2-4-6-7/h7-8H,2-6H2,1H3. The Kier molecular flexibility index (Phi) is 2.70. The molecule has 1 fully saturated rings. The number of nitrogens with one attached hydrogen (secondary N) is 1. The van der Waals surface area contributed by atoms with Crippen molar-refractivity contribution in [1.29, 1.82) is 4.78 Å². The van der Waals surface area contributed by atoms with E-state index in [1.54, 1.807) is 0 Å². The molecule has 0 spiro atoms. The molecule has 1 N–H and O–H groups in total. The first-order valence-electron chi connectivity index (χ1n) is 3.66. The molecule has 0 aliphatic heterocycles. The quantitative estimate of drug-likeness (QED) is 0.585. The van der Waals surface area contributed by atoms with Gasteiger partial charge in [0.1, 0.15) is 0 Å². The van der Waals surface area contributed by atoms with Gasteiger partial charge in [-0.2, -0.15) is 0 Å². The van der Waals surface area contributed by atoms with E-state index in [0.29, 0.717) is 0 Å². The van der Waals surface area contributed by atoms with Gasteiger partial charge in [0.2, 0.25) is 0 Å². The largest absolute Gasteiger partial charge is 0.280 e. The van der Waals surface area contributed by atoms with Gasteiger partial charge in [0.25, 0.3) is 0 Å². The maximum atomic E-state index is 7.50. The van der Waals surface area contributed by atoms with E-state index in [1.807, 2.05) is 0 Å². The van der Waals surface area contributed by atoms with Crippen molar-refractivity contribution in [3.63, 3.8) is 0 Å². The molecule has 9 heavy (non-hydrogen) atoms. The van der Waals surface area contributed by atoms with Gasteiger partial charge in [0.05, 0.1) is 0 Å². The van der Waals surface area contributed by atoms with Crippen LogP contribution in [0.25, 0.3) is 0 Å². The Balaban J connectivity index is 2.31. The average Bonchev–Trinajstić information content (AvgIpc) is 1.90. The minimum Gasteiger partial charge on any atom is -0.280 e. The molecule has 1 rings (SSSR count). The second-order valence-electron chi connectivity index (χ2n) is 2.82. The van der Waals surface area contributed by atoms with Crippen molar-refractivity contribution >= 4 is 10.7 Å². The lowest BCUT2D eigenvalue weighted by atomic mass is 10.0. The highest BCUT2D eigenvalue weighted by Gasteiger charge is 2.13. The van der Waals surface area contributed by atoms with Gasteiger partial charge in [-0.25, -0.2) is 0 Å². The van der Waals surface area contributed by atoms with Crippen LogP contribution >= 0.6 is 0 Å². The third kappa shape index (κ3) is 2.09. The summed E-state index contributed by atoms with van der Waals surface area (Å²) in [6, 6.07) is 0. The first kappa shape index (κ1) is 7.26. The van der Waals surface area contributed by atoms with Crippen molar-refractivity contribution in [3.05, 3.63) is 0 Å². The Morgan fingerprint density at radius 1 is 1.22 bits per heavy atom. The summed E-state index contributed by atoms with van der Waals surface area (Å²) in [7, 11) is -0.0520. The highest BCUT2D eigenvalue weighted by molar-refractivity contribution is 7.85. The van der Waals surface area contributed by atoms with Crippen LogP contribution in [0.3, 0.4) is 0 Å². The van der Waals surface area contributed by atoms with Gasteiger partial charge in [-0.3, -0.25) is 4.78 Å². The Labute approximate surface area is 59.7 Å². The second kappa shape index (κ2) is 3.35. The van der Waals surface area contributed by atoms with Gasteiger partial charge < -0.3 is 0 Å². The van der Waals surface area contributed by atoms with Crippen LogP contribution in [0.1, 0.15) is 32.1 Å². The maximum absolute atomic E-state index is 7.50. The number of rotatable bonds is 1. The fourth-order valence-electron chi connectivity index (χ4n) is 1.42.